The van der Waals surface area contributed by atoms with Crippen LogP contribution >= 0.6 is 11.8 Å². The molecule has 1 aromatic heterocycles. The van der Waals surface area contributed by atoms with Crippen LogP contribution in [0.4, 0.5) is 0 Å². The highest BCUT2D eigenvalue weighted by molar-refractivity contribution is 8.02. The molecule has 0 unspecified atom stereocenters. The molecule has 0 fully saturated rings. The Kier molecular flexibility index (Phi) is 6.09. The largest absolute Gasteiger partial charge is 0.464 e. The number of furan rings is 1. The molecule has 5 aromatic rings. The summed E-state index contributed by atoms with van der Waals surface area (Å²) in [6.45, 7) is 28.2. The van der Waals surface area contributed by atoms with Gasteiger partial charge < -0.3 is 4.42 Å². The lowest BCUT2D eigenvalue weighted by Gasteiger charge is -2.41. The number of benzene rings is 4. The fourth-order valence-corrected chi connectivity index (χ4v) is 9.54. The van der Waals surface area contributed by atoms with Gasteiger partial charge in [-0.3, -0.25) is 0 Å². The minimum Gasteiger partial charge on any atom is -0.464 e. The highest BCUT2D eigenvalue weighted by atomic mass is 32.2. The predicted octanol–water partition coefficient (Wildman–Crippen LogP) is 11.7. The first-order valence-corrected chi connectivity index (χ1v) is 16.4. The van der Waals surface area contributed by atoms with Crippen molar-refractivity contribution < 1.29 is 4.42 Å². The molecule has 1 aliphatic carbocycles. The van der Waals surface area contributed by atoms with E-state index in [-0.39, 0.29) is 0 Å². The fraction of sp³-hybridized carbons (Fsp3) is 0.317. The molecule has 0 N–H and O–H groups in total. The molecule has 7 rings (SSSR count). The monoisotopic (exact) mass is 582 g/mol. The molecule has 0 saturated carbocycles. The summed E-state index contributed by atoms with van der Waals surface area (Å²) in [5.41, 5.74) is 27.3. The van der Waals surface area contributed by atoms with E-state index in [1.807, 2.05) is 18.0 Å². The van der Waals surface area contributed by atoms with Crippen molar-refractivity contribution in [3.05, 3.63) is 119 Å². The molecule has 2 heterocycles. The lowest BCUT2D eigenvalue weighted by atomic mass is 9.62. The summed E-state index contributed by atoms with van der Waals surface area (Å²) in [6.07, 6.45) is 4.38. The first-order chi connectivity index (χ1) is 20.4. The maximum absolute atomic E-state index is 5.95. The van der Waals surface area contributed by atoms with E-state index in [4.69, 9.17) is 4.42 Å². The molecule has 0 saturated heterocycles. The van der Waals surface area contributed by atoms with E-state index in [0.717, 1.165) is 5.58 Å². The summed E-state index contributed by atoms with van der Waals surface area (Å²) < 4.78 is 5.95. The van der Waals surface area contributed by atoms with Gasteiger partial charge in [-0.05, 0) is 206 Å². The molecule has 0 atom stereocenters. The molecule has 0 bridgehead atoms. The van der Waals surface area contributed by atoms with E-state index in [1.54, 1.807) is 0 Å². The van der Waals surface area contributed by atoms with Gasteiger partial charge in [0.15, 0.2) is 0 Å². The standard InChI is InChI=1S/C41H42OS/c1-19-20(2)26(8)35-34(25(19)7)36-27(9)21(3)23(5)29(11)38(36)41(39-30(12)24(6)22(4)28(10)37(35)39)16-18-43-40-31-15-17-42-33(31)14-13-32(40)41/h13-18H,1-12H3. The van der Waals surface area contributed by atoms with Gasteiger partial charge in [-0.1, -0.05) is 23.9 Å². The summed E-state index contributed by atoms with van der Waals surface area (Å²) >= 11 is 1.84. The minimum atomic E-state index is -0.461. The smallest absolute Gasteiger partial charge is 0.135 e. The van der Waals surface area contributed by atoms with Crippen LogP contribution in [0.5, 0.6) is 0 Å². The number of rotatable bonds is 0. The van der Waals surface area contributed by atoms with Crippen LogP contribution in [0.2, 0.25) is 0 Å². The summed E-state index contributed by atoms with van der Waals surface area (Å²) in [6, 6.07) is 6.72. The molecule has 2 aliphatic rings. The molecule has 0 radical (unpaired) electrons. The molecule has 0 amide bonds. The Morgan fingerprint density at radius 2 is 0.930 bits per heavy atom. The number of hydrogen-bond donors (Lipinski definition) is 0. The van der Waals surface area contributed by atoms with Gasteiger partial charge in [-0.25, -0.2) is 0 Å². The zero-order chi connectivity index (χ0) is 30.9. The van der Waals surface area contributed by atoms with Gasteiger partial charge in [0.1, 0.15) is 5.58 Å². The van der Waals surface area contributed by atoms with Crippen LogP contribution in [0.15, 0.2) is 45.3 Å². The molecule has 2 heteroatoms. The molecule has 4 aromatic carbocycles. The summed E-state index contributed by atoms with van der Waals surface area (Å²) in [4.78, 5) is 1.31. The van der Waals surface area contributed by atoms with E-state index in [2.05, 4.69) is 113 Å². The number of fused-ring (bicyclic) bond motifs is 11. The zero-order valence-electron chi connectivity index (χ0n) is 27.8. The van der Waals surface area contributed by atoms with Crippen LogP contribution in [0, 0.1) is 83.1 Å². The second-order valence-corrected chi connectivity index (χ2v) is 14.2. The highest BCUT2D eigenvalue weighted by Gasteiger charge is 2.48. The van der Waals surface area contributed by atoms with Crippen LogP contribution in [0.3, 0.4) is 0 Å². The molecule has 1 spiro atoms. The quantitative estimate of drug-likeness (QED) is 0.180. The molecule has 43 heavy (non-hydrogen) atoms. The summed E-state index contributed by atoms with van der Waals surface area (Å²) in [7, 11) is 0. The van der Waals surface area contributed by atoms with Crippen LogP contribution in [-0.2, 0) is 5.41 Å². The van der Waals surface area contributed by atoms with Gasteiger partial charge in [0.2, 0.25) is 0 Å². The minimum absolute atomic E-state index is 0.461. The Morgan fingerprint density at radius 1 is 0.488 bits per heavy atom. The second-order valence-electron chi connectivity index (χ2n) is 13.3. The number of allylic oxidation sites excluding steroid dienone is 1. The van der Waals surface area contributed by atoms with Gasteiger partial charge >= 0.3 is 0 Å². The van der Waals surface area contributed by atoms with E-state index >= 15 is 0 Å². The lowest BCUT2D eigenvalue weighted by Crippen LogP contribution is -2.33. The Labute approximate surface area is 261 Å². The van der Waals surface area contributed by atoms with E-state index in [0.29, 0.717) is 0 Å². The van der Waals surface area contributed by atoms with E-state index in [9.17, 15) is 0 Å². The fourth-order valence-electron chi connectivity index (χ4n) is 8.48. The van der Waals surface area contributed by atoms with Crippen molar-refractivity contribution >= 4 is 22.7 Å². The Bertz CT molecular complexity index is 2010. The van der Waals surface area contributed by atoms with Gasteiger partial charge in [-0.2, -0.15) is 0 Å². The maximum Gasteiger partial charge on any atom is 0.135 e. The van der Waals surface area contributed by atoms with Crippen molar-refractivity contribution in [1.82, 2.24) is 0 Å². The predicted molar refractivity (Wildman–Crippen MR) is 185 cm³/mol. The molecule has 1 aliphatic heterocycles. The lowest BCUT2D eigenvalue weighted by molar-refractivity contribution is 0.615. The summed E-state index contributed by atoms with van der Waals surface area (Å²) in [5, 5.41) is 3.56. The zero-order valence-corrected chi connectivity index (χ0v) is 28.6. The number of thioether (sulfide) groups is 1. The Balaban J connectivity index is 1.89. The van der Waals surface area contributed by atoms with Crippen LogP contribution < -0.4 is 0 Å². The third-order valence-electron chi connectivity index (χ3n) is 11.9. The summed E-state index contributed by atoms with van der Waals surface area (Å²) in [5.74, 6) is 0. The first kappa shape index (κ1) is 28.3. The molecule has 218 valence electrons. The molecule has 1 nitrogen and oxygen atoms in total. The average molecular weight is 583 g/mol. The maximum atomic E-state index is 5.95. The van der Waals surface area contributed by atoms with Crippen molar-refractivity contribution in [1.29, 1.82) is 0 Å². The van der Waals surface area contributed by atoms with Crippen molar-refractivity contribution in [2.45, 2.75) is 93.4 Å². The SMILES string of the molecule is Cc1c(C)c(C)c2c(c1C)-c1c(C)c(C)c(C)c(C)c1C1(C=CSc3c1ccc1occc31)c1c(C)c(C)c(C)c(C)c1-2. The van der Waals surface area contributed by atoms with E-state index in [1.165, 1.54) is 116 Å². The normalized spacial score (nSPS) is 14.5. The Hall–Kier alpha value is -3.49. The first-order valence-electron chi connectivity index (χ1n) is 15.5. The van der Waals surface area contributed by atoms with Crippen LogP contribution in [0.1, 0.15) is 83.5 Å². The molecular formula is C41H42OS. The van der Waals surface area contributed by atoms with Gasteiger partial charge in [0.05, 0.1) is 11.7 Å². The average Bonchev–Trinajstić information content (AvgIpc) is 3.45. The van der Waals surface area contributed by atoms with Gasteiger partial charge in [0, 0.05) is 10.3 Å². The van der Waals surface area contributed by atoms with Crippen molar-refractivity contribution in [2.75, 3.05) is 0 Å². The van der Waals surface area contributed by atoms with Gasteiger partial charge in [0.25, 0.3) is 0 Å². The highest BCUT2D eigenvalue weighted by Crippen LogP contribution is 2.62. The third kappa shape index (κ3) is 3.31. The van der Waals surface area contributed by atoms with Crippen molar-refractivity contribution in [3.8, 4) is 22.3 Å². The van der Waals surface area contributed by atoms with Crippen molar-refractivity contribution in [2.24, 2.45) is 0 Å². The van der Waals surface area contributed by atoms with Gasteiger partial charge in [-0.15, -0.1) is 0 Å². The molecular weight excluding hydrogens is 541 g/mol. The van der Waals surface area contributed by atoms with Crippen LogP contribution in [-0.4, -0.2) is 0 Å². The third-order valence-corrected chi connectivity index (χ3v) is 12.8. The topological polar surface area (TPSA) is 13.1 Å². The van der Waals surface area contributed by atoms with Crippen molar-refractivity contribution in [3.63, 3.8) is 0 Å². The Morgan fingerprint density at radius 3 is 1.42 bits per heavy atom. The number of hydrogen-bond acceptors (Lipinski definition) is 2. The van der Waals surface area contributed by atoms with Crippen LogP contribution in [0.25, 0.3) is 33.2 Å². The van der Waals surface area contributed by atoms with E-state index < -0.39 is 5.41 Å². The second kappa shape index (κ2) is 9.26.